The first-order chi connectivity index (χ1) is 7.49. The van der Waals surface area contributed by atoms with E-state index in [1.54, 1.807) is 0 Å². The fourth-order valence-electron chi connectivity index (χ4n) is 1.20. The zero-order chi connectivity index (χ0) is 12.3. The Kier molecular flexibility index (Phi) is 3.46. The number of primary amides is 1. The lowest BCUT2D eigenvalue weighted by Gasteiger charge is -2.10. The van der Waals surface area contributed by atoms with Crippen LogP contribution in [0.25, 0.3) is 0 Å². The highest BCUT2D eigenvalue weighted by atomic mass is 19.1. The molecular weight excluding hydrogens is 216 g/mol. The van der Waals surface area contributed by atoms with Gasteiger partial charge >= 0.3 is 0 Å². The van der Waals surface area contributed by atoms with Crippen LogP contribution >= 0.6 is 0 Å². The summed E-state index contributed by atoms with van der Waals surface area (Å²) in [6.07, 6.45) is 4.90. The van der Waals surface area contributed by atoms with Crippen LogP contribution in [0.4, 0.5) is 8.78 Å². The smallest absolute Gasteiger partial charge is 0.249 e. The fraction of sp³-hybridized carbons (Fsp3) is 0.182. The van der Waals surface area contributed by atoms with E-state index in [1.165, 1.54) is 6.92 Å². The number of hydrogen-bond acceptors (Lipinski definition) is 2. The normalized spacial score (nSPS) is 9.62. The first kappa shape index (κ1) is 12.0. The highest BCUT2D eigenvalue weighted by Crippen LogP contribution is 2.27. The number of amides is 1. The molecule has 3 nitrogen and oxygen atoms in total. The van der Waals surface area contributed by atoms with Crippen molar-refractivity contribution in [2.75, 3.05) is 6.61 Å². The number of hydrogen-bond donors (Lipinski definition) is 1. The van der Waals surface area contributed by atoms with Crippen LogP contribution in [-0.2, 0) is 0 Å². The van der Waals surface area contributed by atoms with Gasteiger partial charge in [-0.2, -0.15) is 0 Å². The zero-order valence-electron chi connectivity index (χ0n) is 8.51. The molecule has 16 heavy (non-hydrogen) atoms. The minimum Gasteiger partial charge on any atom is -0.475 e. The number of terminal acetylenes is 1. The summed E-state index contributed by atoms with van der Waals surface area (Å²) in [5.74, 6) is -1.40. The van der Waals surface area contributed by atoms with Gasteiger partial charge in [-0.3, -0.25) is 4.79 Å². The molecule has 2 N–H and O–H groups in total. The lowest BCUT2D eigenvalue weighted by atomic mass is 10.1. The van der Waals surface area contributed by atoms with Crippen LogP contribution in [0.15, 0.2) is 6.07 Å². The van der Waals surface area contributed by atoms with E-state index in [2.05, 4.69) is 5.92 Å². The average molecular weight is 225 g/mol. The molecule has 0 fully saturated rings. The van der Waals surface area contributed by atoms with Gasteiger partial charge < -0.3 is 10.5 Å². The van der Waals surface area contributed by atoms with E-state index in [1.807, 2.05) is 0 Å². The number of halogens is 2. The molecule has 5 heteroatoms. The number of rotatable bonds is 3. The predicted octanol–water partition coefficient (Wildman–Crippen LogP) is 1.38. The molecule has 1 amide bonds. The van der Waals surface area contributed by atoms with Crippen LogP contribution in [0.3, 0.4) is 0 Å². The molecule has 0 saturated heterocycles. The molecule has 0 aliphatic carbocycles. The summed E-state index contributed by atoms with van der Waals surface area (Å²) in [5, 5.41) is 0. The van der Waals surface area contributed by atoms with E-state index in [0.29, 0.717) is 0 Å². The van der Waals surface area contributed by atoms with E-state index in [-0.39, 0.29) is 17.7 Å². The molecule has 0 unspecified atom stereocenters. The maximum Gasteiger partial charge on any atom is 0.249 e. The van der Waals surface area contributed by atoms with Crippen molar-refractivity contribution >= 4 is 5.91 Å². The van der Waals surface area contributed by atoms with Gasteiger partial charge in [-0.25, -0.2) is 8.78 Å². The molecule has 1 aromatic carbocycles. The highest BCUT2D eigenvalue weighted by Gasteiger charge is 2.19. The van der Waals surface area contributed by atoms with Crippen molar-refractivity contribution in [3.63, 3.8) is 0 Å². The Balaban J connectivity index is 3.29. The first-order valence-electron chi connectivity index (χ1n) is 4.33. The fourth-order valence-corrected chi connectivity index (χ4v) is 1.20. The van der Waals surface area contributed by atoms with Gasteiger partial charge in [0.2, 0.25) is 5.91 Å². The maximum atomic E-state index is 13.6. The van der Waals surface area contributed by atoms with E-state index in [0.717, 1.165) is 6.07 Å². The third-order valence-electron chi connectivity index (χ3n) is 1.99. The standard InChI is InChI=1S/C11H9F2NO2/c1-3-4-16-10-8(12)5-7(11(14)15)6(2)9(10)13/h1,5H,4H2,2H3,(H2,14,15). The first-order valence-corrected chi connectivity index (χ1v) is 4.33. The lowest BCUT2D eigenvalue weighted by molar-refractivity contribution is 0.0998. The lowest BCUT2D eigenvalue weighted by Crippen LogP contribution is -2.15. The Morgan fingerprint density at radius 3 is 2.75 bits per heavy atom. The Hall–Kier alpha value is -2.09. The topological polar surface area (TPSA) is 52.3 Å². The average Bonchev–Trinajstić information content (AvgIpc) is 2.23. The van der Waals surface area contributed by atoms with Crippen molar-refractivity contribution < 1.29 is 18.3 Å². The SMILES string of the molecule is C#CCOc1c(F)cc(C(N)=O)c(C)c1F. The maximum absolute atomic E-state index is 13.6. The molecule has 0 aliphatic heterocycles. The van der Waals surface area contributed by atoms with Crippen molar-refractivity contribution in [1.29, 1.82) is 0 Å². The summed E-state index contributed by atoms with van der Waals surface area (Å²) in [6, 6.07) is 0.826. The van der Waals surface area contributed by atoms with Gasteiger partial charge in [-0.05, 0) is 13.0 Å². The van der Waals surface area contributed by atoms with Gasteiger partial charge in [-0.1, -0.05) is 5.92 Å². The van der Waals surface area contributed by atoms with E-state index < -0.39 is 23.3 Å². The molecular formula is C11H9F2NO2. The largest absolute Gasteiger partial charge is 0.475 e. The summed E-state index contributed by atoms with van der Waals surface area (Å²) in [7, 11) is 0. The summed E-state index contributed by atoms with van der Waals surface area (Å²) in [6.45, 7) is 1.04. The second kappa shape index (κ2) is 4.62. The second-order valence-electron chi connectivity index (χ2n) is 3.03. The van der Waals surface area contributed by atoms with Crippen molar-refractivity contribution in [2.24, 2.45) is 5.73 Å². The van der Waals surface area contributed by atoms with Gasteiger partial charge in [0.15, 0.2) is 17.4 Å². The van der Waals surface area contributed by atoms with Gasteiger partial charge in [-0.15, -0.1) is 6.42 Å². The Morgan fingerprint density at radius 1 is 1.62 bits per heavy atom. The van der Waals surface area contributed by atoms with Crippen LogP contribution in [0.2, 0.25) is 0 Å². The predicted molar refractivity (Wildman–Crippen MR) is 53.9 cm³/mol. The third-order valence-corrected chi connectivity index (χ3v) is 1.99. The summed E-state index contributed by atoms with van der Waals surface area (Å²) in [5.41, 5.74) is 4.67. The molecule has 0 radical (unpaired) electrons. The number of nitrogens with two attached hydrogens (primary N) is 1. The Labute approximate surface area is 91.2 Å². The molecule has 0 atom stereocenters. The van der Waals surface area contributed by atoms with Crippen molar-refractivity contribution in [1.82, 2.24) is 0 Å². The van der Waals surface area contributed by atoms with Crippen LogP contribution < -0.4 is 10.5 Å². The van der Waals surface area contributed by atoms with Crippen molar-refractivity contribution in [3.8, 4) is 18.1 Å². The summed E-state index contributed by atoms with van der Waals surface area (Å²) < 4.78 is 31.6. The van der Waals surface area contributed by atoms with Gasteiger partial charge in [0, 0.05) is 11.1 Å². The van der Waals surface area contributed by atoms with Gasteiger partial charge in [0.05, 0.1) is 0 Å². The van der Waals surface area contributed by atoms with E-state index in [9.17, 15) is 13.6 Å². The second-order valence-corrected chi connectivity index (χ2v) is 3.03. The number of ether oxygens (including phenoxy) is 1. The molecule has 0 bridgehead atoms. The molecule has 0 heterocycles. The molecule has 1 rings (SSSR count). The van der Waals surface area contributed by atoms with Crippen molar-refractivity contribution in [2.45, 2.75) is 6.92 Å². The Morgan fingerprint density at radius 2 is 2.25 bits per heavy atom. The van der Waals surface area contributed by atoms with E-state index in [4.69, 9.17) is 16.9 Å². The van der Waals surface area contributed by atoms with Crippen LogP contribution in [-0.4, -0.2) is 12.5 Å². The minimum atomic E-state index is -1.01. The molecule has 0 saturated carbocycles. The van der Waals surface area contributed by atoms with Crippen LogP contribution in [0, 0.1) is 30.9 Å². The number of benzene rings is 1. The van der Waals surface area contributed by atoms with Crippen molar-refractivity contribution in [3.05, 3.63) is 28.8 Å². The quantitative estimate of drug-likeness (QED) is 0.790. The number of carbonyl (C=O) groups is 1. The Bertz CT molecular complexity index is 478. The molecule has 0 spiro atoms. The van der Waals surface area contributed by atoms with Gasteiger partial charge in [0.25, 0.3) is 0 Å². The monoisotopic (exact) mass is 225 g/mol. The van der Waals surface area contributed by atoms with E-state index >= 15 is 0 Å². The van der Waals surface area contributed by atoms with Crippen LogP contribution in [0.5, 0.6) is 5.75 Å². The summed E-state index contributed by atoms with van der Waals surface area (Å²) >= 11 is 0. The molecule has 1 aromatic rings. The number of carbonyl (C=O) groups excluding carboxylic acids is 1. The highest BCUT2D eigenvalue weighted by molar-refractivity contribution is 5.94. The molecule has 0 aliphatic rings. The minimum absolute atomic E-state index is 0.0686. The zero-order valence-corrected chi connectivity index (χ0v) is 8.51. The van der Waals surface area contributed by atoms with Gasteiger partial charge in [0.1, 0.15) is 6.61 Å². The molecule has 0 aromatic heterocycles. The third kappa shape index (κ3) is 2.11. The van der Waals surface area contributed by atoms with Crippen LogP contribution in [0.1, 0.15) is 15.9 Å². The summed E-state index contributed by atoms with van der Waals surface area (Å²) in [4.78, 5) is 10.9. The molecule has 84 valence electrons.